The molecular weight excluding hydrogens is 247 g/mol. The maximum Gasteiger partial charge on any atom is 0.174 e. The minimum atomic E-state index is -0.281. The van der Waals surface area contributed by atoms with Gasteiger partial charge in [0.25, 0.3) is 0 Å². The molecule has 0 saturated carbocycles. The van der Waals surface area contributed by atoms with E-state index in [0.29, 0.717) is 18.1 Å². The first-order valence-electron chi connectivity index (χ1n) is 6.31. The Kier molecular flexibility index (Phi) is 4.92. The molecule has 0 atom stereocenters. The van der Waals surface area contributed by atoms with Crippen molar-refractivity contribution in [2.45, 2.75) is 26.5 Å². The van der Waals surface area contributed by atoms with E-state index in [2.05, 4.69) is 17.4 Å². The van der Waals surface area contributed by atoms with Gasteiger partial charge < -0.3 is 14.6 Å². The molecule has 0 aliphatic heterocycles. The van der Waals surface area contributed by atoms with E-state index in [-0.39, 0.29) is 12.4 Å². The quantitative estimate of drug-likeness (QED) is 0.781. The second-order valence-electron chi connectivity index (χ2n) is 4.20. The smallest absolute Gasteiger partial charge is 0.174 e. The minimum absolute atomic E-state index is 0.281. The number of nitrogens with one attached hydrogen (secondary N) is 1. The minimum Gasteiger partial charge on any atom is -0.486 e. The molecule has 0 saturated heterocycles. The highest BCUT2D eigenvalue weighted by molar-refractivity contribution is 5.22. The number of nitrogens with zero attached hydrogens (tertiary/aromatic N) is 1. The highest BCUT2D eigenvalue weighted by atomic mass is 19.1. The van der Waals surface area contributed by atoms with E-state index in [9.17, 15) is 4.39 Å². The van der Waals surface area contributed by atoms with Crippen LogP contribution in [0.3, 0.4) is 0 Å². The molecule has 0 amide bonds. The fourth-order valence-corrected chi connectivity index (χ4v) is 1.59. The van der Waals surface area contributed by atoms with Crippen LogP contribution in [-0.4, -0.2) is 11.7 Å². The van der Waals surface area contributed by atoms with Gasteiger partial charge in [0, 0.05) is 12.6 Å². The third kappa shape index (κ3) is 4.37. The number of rotatable bonds is 7. The lowest BCUT2D eigenvalue weighted by Crippen LogP contribution is -2.13. The Labute approximate surface area is 111 Å². The van der Waals surface area contributed by atoms with Crippen LogP contribution >= 0.6 is 0 Å². The molecule has 0 fully saturated rings. The topological polar surface area (TPSA) is 47.3 Å². The monoisotopic (exact) mass is 264 g/mol. The van der Waals surface area contributed by atoms with Gasteiger partial charge in [-0.1, -0.05) is 12.1 Å². The van der Waals surface area contributed by atoms with Gasteiger partial charge in [-0.05, 0) is 37.2 Å². The Balaban J connectivity index is 1.81. The molecule has 0 aliphatic rings. The van der Waals surface area contributed by atoms with E-state index in [1.54, 1.807) is 12.1 Å². The van der Waals surface area contributed by atoms with Crippen molar-refractivity contribution in [3.05, 3.63) is 47.6 Å². The van der Waals surface area contributed by atoms with Crippen LogP contribution in [0.1, 0.15) is 24.8 Å². The number of hydrogen-bond acceptors (Lipinski definition) is 4. The van der Waals surface area contributed by atoms with Crippen molar-refractivity contribution in [3.8, 4) is 5.75 Å². The summed E-state index contributed by atoms with van der Waals surface area (Å²) in [5.41, 5.74) is 0.853. The fraction of sp³-hybridized carbons (Fsp3) is 0.357. The van der Waals surface area contributed by atoms with Crippen molar-refractivity contribution < 1.29 is 13.7 Å². The molecule has 0 spiro atoms. The summed E-state index contributed by atoms with van der Waals surface area (Å²) >= 11 is 0. The Bertz CT molecular complexity index is 496. The summed E-state index contributed by atoms with van der Waals surface area (Å²) in [6.07, 6.45) is 1.08. The molecule has 0 aliphatic carbocycles. The zero-order valence-corrected chi connectivity index (χ0v) is 10.9. The van der Waals surface area contributed by atoms with Gasteiger partial charge in [-0.2, -0.15) is 0 Å². The summed E-state index contributed by atoms with van der Waals surface area (Å²) in [4.78, 5) is 0. The molecular formula is C14H17FN2O2. The first-order valence-corrected chi connectivity index (χ1v) is 6.31. The number of hydrogen-bond donors (Lipinski definition) is 1. The van der Waals surface area contributed by atoms with Gasteiger partial charge in [0.15, 0.2) is 5.76 Å². The van der Waals surface area contributed by atoms with Crippen molar-refractivity contribution >= 4 is 0 Å². The summed E-state index contributed by atoms with van der Waals surface area (Å²) in [7, 11) is 0. The maximum absolute atomic E-state index is 12.7. The second kappa shape index (κ2) is 6.89. The van der Waals surface area contributed by atoms with Crippen LogP contribution in [0.4, 0.5) is 4.39 Å². The van der Waals surface area contributed by atoms with Gasteiger partial charge in [-0.3, -0.25) is 0 Å². The van der Waals surface area contributed by atoms with Crippen molar-refractivity contribution in [2.75, 3.05) is 6.54 Å². The highest BCUT2D eigenvalue weighted by Crippen LogP contribution is 2.13. The third-order valence-electron chi connectivity index (χ3n) is 2.54. The van der Waals surface area contributed by atoms with E-state index in [0.717, 1.165) is 18.7 Å². The van der Waals surface area contributed by atoms with Crippen LogP contribution in [0.15, 0.2) is 34.9 Å². The highest BCUT2D eigenvalue weighted by Gasteiger charge is 2.04. The Morgan fingerprint density at radius 3 is 2.84 bits per heavy atom. The standard InChI is InChI=1S/C14H17FN2O2/c1-2-7-16-9-12-8-14(19-17-12)10-18-13-5-3-11(15)4-6-13/h3-6,8,16H,2,7,9-10H2,1H3. The van der Waals surface area contributed by atoms with Crippen LogP contribution < -0.4 is 10.1 Å². The van der Waals surface area contributed by atoms with E-state index in [4.69, 9.17) is 9.26 Å². The Hall–Kier alpha value is -1.88. The summed E-state index contributed by atoms with van der Waals surface area (Å²) in [5.74, 6) is 0.970. The number of ether oxygens (including phenoxy) is 1. The molecule has 2 aromatic rings. The normalized spacial score (nSPS) is 10.6. The summed E-state index contributed by atoms with van der Waals surface area (Å²) in [6, 6.07) is 7.72. The lowest BCUT2D eigenvalue weighted by molar-refractivity contribution is 0.248. The van der Waals surface area contributed by atoms with Crippen LogP contribution in [-0.2, 0) is 13.2 Å². The SMILES string of the molecule is CCCNCc1cc(COc2ccc(F)cc2)on1. The number of aromatic nitrogens is 1. The van der Waals surface area contributed by atoms with Gasteiger partial charge in [0.1, 0.15) is 18.2 Å². The average molecular weight is 264 g/mol. The molecule has 102 valence electrons. The first kappa shape index (κ1) is 13.5. The van der Waals surface area contributed by atoms with Crippen molar-refractivity contribution in [1.29, 1.82) is 0 Å². The van der Waals surface area contributed by atoms with Gasteiger partial charge in [0.2, 0.25) is 0 Å². The van der Waals surface area contributed by atoms with E-state index < -0.39 is 0 Å². The maximum atomic E-state index is 12.7. The molecule has 1 heterocycles. The predicted octanol–water partition coefficient (Wildman–Crippen LogP) is 2.89. The summed E-state index contributed by atoms with van der Waals surface area (Å²) in [6.45, 7) is 4.03. The molecule has 1 aromatic carbocycles. The molecule has 2 rings (SSSR count). The number of benzene rings is 1. The molecule has 19 heavy (non-hydrogen) atoms. The van der Waals surface area contributed by atoms with Crippen molar-refractivity contribution in [2.24, 2.45) is 0 Å². The molecule has 1 N–H and O–H groups in total. The largest absolute Gasteiger partial charge is 0.486 e. The molecule has 1 aromatic heterocycles. The van der Waals surface area contributed by atoms with Gasteiger partial charge in [-0.15, -0.1) is 0 Å². The lowest BCUT2D eigenvalue weighted by atomic mass is 10.3. The third-order valence-corrected chi connectivity index (χ3v) is 2.54. The van der Waals surface area contributed by atoms with E-state index in [1.165, 1.54) is 12.1 Å². The van der Waals surface area contributed by atoms with Crippen molar-refractivity contribution in [3.63, 3.8) is 0 Å². The lowest BCUT2D eigenvalue weighted by Gasteiger charge is -2.02. The van der Waals surface area contributed by atoms with Gasteiger partial charge in [0.05, 0.1) is 5.69 Å². The molecule has 5 heteroatoms. The van der Waals surface area contributed by atoms with Crippen molar-refractivity contribution in [1.82, 2.24) is 10.5 Å². The van der Waals surface area contributed by atoms with E-state index >= 15 is 0 Å². The van der Waals surface area contributed by atoms with Gasteiger partial charge in [-0.25, -0.2) is 4.39 Å². The second-order valence-corrected chi connectivity index (χ2v) is 4.20. The molecule has 0 bridgehead atoms. The number of halogens is 1. The van der Waals surface area contributed by atoms with Crippen LogP contribution in [0, 0.1) is 5.82 Å². The van der Waals surface area contributed by atoms with E-state index in [1.807, 2.05) is 6.07 Å². The molecule has 4 nitrogen and oxygen atoms in total. The first-order chi connectivity index (χ1) is 9.28. The van der Waals surface area contributed by atoms with Gasteiger partial charge >= 0.3 is 0 Å². The molecule has 0 unspecified atom stereocenters. The summed E-state index contributed by atoms with van der Waals surface area (Å²) in [5, 5.41) is 7.18. The molecule has 0 radical (unpaired) electrons. The van der Waals surface area contributed by atoms with Crippen LogP contribution in [0.25, 0.3) is 0 Å². The zero-order chi connectivity index (χ0) is 13.5. The van der Waals surface area contributed by atoms with Crippen LogP contribution in [0.5, 0.6) is 5.75 Å². The predicted molar refractivity (Wildman–Crippen MR) is 69.2 cm³/mol. The summed E-state index contributed by atoms with van der Waals surface area (Å²) < 4.78 is 23.3. The average Bonchev–Trinajstić information content (AvgIpc) is 2.86. The Morgan fingerprint density at radius 2 is 2.11 bits per heavy atom. The van der Waals surface area contributed by atoms with Crippen LogP contribution in [0.2, 0.25) is 0 Å². The zero-order valence-electron chi connectivity index (χ0n) is 10.9. The Morgan fingerprint density at radius 1 is 1.32 bits per heavy atom. The fourth-order valence-electron chi connectivity index (χ4n) is 1.59.